The molecule has 15 N–H and O–H groups in total. The van der Waals surface area contributed by atoms with Crippen LogP contribution in [0.25, 0.3) is 0 Å². The Morgan fingerprint density at radius 3 is 0.858 bits per heavy atom. The van der Waals surface area contributed by atoms with Gasteiger partial charge in [0.2, 0.25) is 23.6 Å². The van der Waals surface area contributed by atoms with Crippen molar-refractivity contribution in [3.63, 3.8) is 0 Å². The van der Waals surface area contributed by atoms with E-state index in [1.807, 2.05) is 96.9 Å². The first kappa shape index (κ1) is 110. The van der Waals surface area contributed by atoms with Gasteiger partial charge in [-0.05, 0) is 176 Å². The van der Waals surface area contributed by atoms with Gasteiger partial charge in [0.15, 0.2) is 0 Å². The molecule has 614 valence electrons. The Bertz CT molecular complexity index is 2740. The molecule has 0 saturated heterocycles. The van der Waals surface area contributed by atoms with E-state index in [1.165, 1.54) is 24.3 Å². The first-order chi connectivity index (χ1) is 48.1. The molecule has 0 saturated carbocycles. The molecule has 2 aromatic rings. The van der Waals surface area contributed by atoms with Gasteiger partial charge in [0, 0.05) is 37.3 Å². The fourth-order valence-electron chi connectivity index (χ4n) is 8.11. The van der Waals surface area contributed by atoms with Crippen LogP contribution >= 0.6 is 23.2 Å². The average Bonchev–Trinajstić information content (AvgIpc) is 0.848. The van der Waals surface area contributed by atoms with E-state index in [2.05, 4.69) is 84.1 Å². The van der Waals surface area contributed by atoms with Crippen molar-refractivity contribution >= 4 is 88.7 Å². The number of rotatable bonds is 32. The molecule has 0 aliphatic rings. The van der Waals surface area contributed by atoms with Gasteiger partial charge in [-0.25, -0.2) is 24.0 Å². The largest absolute Gasteiger partial charge is 0.480 e. The molecule has 8 amide bonds. The van der Waals surface area contributed by atoms with E-state index in [0.29, 0.717) is 93.3 Å². The molecule has 0 radical (unpaired) electrons. The molecule has 2 rings (SSSR count). The van der Waals surface area contributed by atoms with Gasteiger partial charge in [0.1, 0.15) is 35.4 Å². The molecule has 2 aromatic carbocycles. The minimum absolute atomic E-state index is 0. The zero-order chi connectivity index (χ0) is 82.8. The van der Waals surface area contributed by atoms with Gasteiger partial charge in [-0.1, -0.05) is 158 Å². The summed E-state index contributed by atoms with van der Waals surface area (Å²) >= 11 is 9.53. The number of hydrogen-bond acceptors (Lipinski definition) is 15. The van der Waals surface area contributed by atoms with Gasteiger partial charge >= 0.3 is 30.1 Å². The summed E-state index contributed by atoms with van der Waals surface area (Å²) in [6, 6.07) is 8.37. The highest BCUT2D eigenvalue weighted by Gasteiger charge is 2.29. The number of carboxylic acids is 3. The number of carbonyl (C=O) groups is 11. The van der Waals surface area contributed by atoms with Crippen LogP contribution in [-0.4, -0.2) is 160 Å². The zero-order valence-corrected chi connectivity index (χ0v) is 69.6. The molecule has 106 heavy (non-hydrogen) atoms. The number of aromatic carboxylic acids is 2. The minimum Gasteiger partial charge on any atom is -0.480 e. The molecular weight excluding hydrogens is 1400 g/mol. The summed E-state index contributed by atoms with van der Waals surface area (Å²) < 4.78 is 10.2. The first-order valence-corrected chi connectivity index (χ1v) is 37.4. The van der Waals surface area contributed by atoms with Crippen LogP contribution in [-0.2, 0) is 33.4 Å². The SMILES string of the molecule is C.CC(C)CN.CC(C)CNC(=O)[C@@H](N)CC(C)C.CC(C)CNC(=O)[C@H](CC(C)C)NC(=O)OC(C)(C)C.CC(C)CNC(=O)[C@H](CC(C)C)NC(=O)c1cccc(C(=O)N[C@@H](CC(C)C)C(=O)NCC(C)C)c1.CC(C)C[C@H](NC(=O)OC(C)(C)C)C(=O)O.ClCCl.O=C(O)c1cccc(C(=O)O)c1. The van der Waals surface area contributed by atoms with Crippen molar-refractivity contribution in [2.75, 3.05) is 38.1 Å². The maximum Gasteiger partial charge on any atom is 0.408 e. The van der Waals surface area contributed by atoms with Crippen LogP contribution in [0.15, 0.2) is 48.5 Å². The highest BCUT2D eigenvalue weighted by Crippen LogP contribution is 2.15. The Labute approximate surface area is 646 Å². The van der Waals surface area contributed by atoms with E-state index >= 15 is 0 Å². The lowest BCUT2D eigenvalue weighted by molar-refractivity contribution is -0.140. The van der Waals surface area contributed by atoms with E-state index in [9.17, 15) is 52.7 Å². The second kappa shape index (κ2) is 59.7. The summed E-state index contributed by atoms with van der Waals surface area (Å²) in [5.74, 6) is -1.27. The number of ether oxygens (including phenoxy) is 2. The Hall–Kier alpha value is -7.29. The van der Waals surface area contributed by atoms with Crippen molar-refractivity contribution < 1.29 is 77.5 Å². The van der Waals surface area contributed by atoms with Gasteiger partial charge in [0.05, 0.1) is 22.5 Å². The van der Waals surface area contributed by atoms with Gasteiger partial charge in [-0.2, -0.15) is 0 Å². The molecular formula is C78H142Cl2N10O16. The van der Waals surface area contributed by atoms with Gasteiger partial charge < -0.3 is 78.8 Å². The van der Waals surface area contributed by atoms with E-state index < -0.39 is 77.3 Å². The molecule has 0 unspecified atom stereocenters. The van der Waals surface area contributed by atoms with Crippen LogP contribution in [0.2, 0.25) is 0 Å². The standard InChI is InChI=1S/C28H46N4O4.C15H30N2O3.C11H21NO4.C10H22N2O.C8H6O4.C4H11N.CH2Cl2.CH4/c1-17(2)12-23(27(35)29-15-19(5)6)31-25(33)21-10-9-11-22(14-21)26(34)32-24(13-18(3)4)28(36)30-16-20(7)8;1-10(2)8-12(13(18)16-9-11(3)4)17-14(19)20-15(5,6)7;1-7(2)6-8(9(13)14)12-10(15)16-11(3,4)5;1-7(2)5-9(11)10(13)12-6-8(3)4;9-7(10)5-2-1-3-6(4-5)8(11)12;1-4(2)3-5;2-1-3;/h9-11,14,17-20,23-24H,12-13,15-16H2,1-8H3,(H,29,35)(H,30,36)(H,31,33)(H,32,34);10-12H,8-9H2,1-7H3,(H,16,18)(H,17,19);7-8H,6H2,1-5H3,(H,12,15)(H,13,14);7-9H,5-6,11H2,1-4H3,(H,12,13);1-4H,(H,9,10)(H,11,12);4H,3,5H2,1-2H3;1H2;1H4/t23-,24-;12-;8-;9-;;;;/m0000..../s1. The molecule has 0 bridgehead atoms. The normalized spacial score (nSPS) is 12.3. The third kappa shape index (κ3) is 65.0. The van der Waals surface area contributed by atoms with Crippen molar-refractivity contribution in [1.82, 2.24) is 42.5 Å². The monoisotopic (exact) mass is 1540 g/mol. The Morgan fingerprint density at radius 1 is 0.387 bits per heavy atom. The van der Waals surface area contributed by atoms with E-state index in [-0.39, 0.29) is 82.4 Å². The molecule has 0 aromatic heterocycles. The summed E-state index contributed by atoms with van der Waals surface area (Å²) in [5.41, 5.74) is 10.2. The van der Waals surface area contributed by atoms with Crippen LogP contribution in [0.3, 0.4) is 0 Å². The highest BCUT2D eigenvalue weighted by molar-refractivity contribution is 6.40. The number of alkyl carbamates (subject to hydrolysis) is 2. The van der Waals surface area contributed by atoms with Crippen LogP contribution < -0.4 is 54.0 Å². The third-order valence-electron chi connectivity index (χ3n) is 13.1. The fraction of sp³-hybridized carbons (Fsp3) is 0.705. The Kier molecular flexibility index (Phi) is 61.8. The van der Waals surface area contributed by atoms with Gasteiger partial charge in [-0.15, -0.1) is 23.2 Å². The fourth-order valence-corrected chi connectivity index (χ4v) is 8.11. The summed E-state index contributed by atoms with van der Waals surface area (Å²) in [4.78, 5) is 130. The molecule has 26 nitrogen and oxygen atoms in total. The summed E-state index contributed by atoms with van der Waals surface area (Å²) in [6.45, 7) is 54.1. The highest BCUT2D eigenvalue weighted by atomic mass is 35.5. The Morgan fingerprint density at radius 2 is 0.623 bits per heavy atom. The smallest absolute Gasteiger partial charge is 0.408 e. The minimum atomic E-state index is -1.13. The van der Waals surface area contributed by atoms with Crippen molar-refractivity contribution in [2.45, 2.75) is 261 Å². The van der Waals surface area contributed by atoms with E-state index in [4.69, 9.17) is 59.5 Å². The summed E-state index contributed by atoms with van der Waals surface area (Å²) in [5, 5.41) is 48.2. The van der Waals surface area contributed by atoms with Crippen LogP contribution in [0.4, 0.5) is 9.59 Å². The molecule has 0 aliphatic carbocycles. The lowest BCUT2D eigenvalue weighted by atomic mass is 10.0. The van der Waals surface area contributed by atoms with E-state index in [0.717, 1.165) is 19.0 Å². The molecule has 28 heteroatoms. The number of benzene rings is 2. The predicted molar refractivity (Wildman–Crippen MR) is 427 cm³/mol. The van der Waals surface area contributed by atoms with Crippen molar-refractivity contribution in [3.8, 4) is 0 Å². The quantitative estimate of drug-likeness (QED) is 0.0303. The number of hydrogen-bond donors (Lipinski definition) is 13. The maximum atomic E-state index is 13.0. The molecule has 0 heterocycles. The van der Waals surface area contributed by atoms with E-state index in [1.54, 1.807) is 59.7 Å². The number of alkyl halides is 2. The topological polar surface area (TPSA) is 415 Å². The summed E-state index contributed by atoms with van der Waals surface area (Å²) in [7, 11) is 0. The van der Waals surface area contributed by atoms with Crippen LogP contribution in [0.5, 0.6) is 0 Å². The number of carbonyl (C=O) groups excluding carboxylic acids is 8. The lowest BCUT2D eigenvalue weighted by Gasteiger charge is -2.24. The molecule has 0 aliphatic heterocycles. The predicted octanol–water partition coefficient (Wildman–Crippen LogP) is 13.1. The number of amides is 8. The van der Waals surface area contributed by atoms with Gasteiger partial charge in [-0.3, -0.25) is 28.8 Å². The molecule has 0 fully saturated rings. The number of carboxylic acid groups (broad SMARTS) is 3. The number of nitrogens with two attached hydrogens (primary N) is 2. The lowest BCUT2D eigenvalue weighted by Crippen LogP contribution is -2.49. The number of aliphatic carboxylic acids is 1. The molecule has 5 atom stereocenters. The second-order valence-electron chi connectivity index (χ2n) is 31.6. The van der Waals surface area contributed by atoms with Crippen LogP contribution in [0, 0.1) is 59.2 Å². The van der Waals surface area contributed by atoms with Crippen molar-refractivity contribution in [1.29, 1.82) is 0 Å². The third-order valence-corrected chi connectivity index (χ3v) is 13.1. The second-order valence-corrected chi connectivity index (χ2v) is 32.4. The number of nitrogens with one attached hydrogen (secondary N) is 8. The van der Waals surface area contributed by atoms with Gasteiger partial charge in [0.25, 0.3) is 11.8 Å². The first-order valence-electron chi connectivity index (χ1n) is 36.3. The van der Waals surface area contributed by atoms with Crippen LogP contribution in [0.1, 0.15) is 261 Å². The van der Waals surface area contributed by atoms with Crippen molar-refractivity contribution in [2.24, 2.45) is 70.6 Å². The average molecular weight is 1550 g/mol. The maximum absolute atomic E-state index is 13.0. The zero-order valence-electron chi connectivity index (χ0n) is 68.1. The summed E-state index contributed by atoms with van der Waals surface area (Å²) in [6.07, 6.45) is 1.47. The Balaban J connectivity index is -0.000000304. The van der Waals surface area contributed by atoms with Crippen molar-refractivity contribution in [3.05, 3.63) is 70.8 Å². The number of halogens is 2. The molecule has 0 spiro atoms.